The largest absolute Gasteiger partial charge is 0.491 e. The van der Waals surface area contributed by atoms with Gasteiger partial charge in [0.05, 0.1) is 11.6 Å². The summed E-state index contributed by atoms with van der Waals surface area (Å²) in [5, 5.41) is -0.130. The van der Waals surface area contributed by atoms with E-state index in [1.807, 2.05) is 0 Å². The van der Waals surface area contributed by atoms with Gasteiger partial charge in [0.15, 0.2) is 5.75 Å². The fourth-order valence-corrected chi connectivity index (χ4v) is 3.17. The van der Waals surface area contributed by atoms with E-state index in [2.05, 4.69) is 0 Å². The molecule has 8 heteroatoms. The minimum Gasteiger partial charge on any atom is -0.491 e. The first-order chi connectivity index (χ1) is 11.3. The van der Waals surface area contributed by atoms with Crippen LogP contribution in [-0.4, -0.2) is 28.7 Å². The quantitative estimate of drug-likeness (QED) is 0.547. The Labute approximate surface area is 145 Å². The molecule has 130 valence electrons. The van der Waals surface area contributed by atoms with Crippen LogP contribution in [0, 0.1) is 12.7 Å². The van der Waals surface area contributed by atoms with Crippen molar-refractivity contribution in [3.63, 3.8) is 0 Å². The van der Waals surface area contributed by atoms with E-state index >= 15 is 0 Å². The minimum absolute atomic E-state index is 0.0560. The Hall–Kier alpha value is -1.83. The van der Waals surface area contributed by atoms with Gasteiger partial charge in [0, 0.05) is 7.11 Å². The zero-order valence-corrected chi connectivity index (χ0v) is 14.7. The summed E-state index contributed by atoms with van der Waals surface area (Å²) < 4.78 is 53.0. The molecule has 0 bridgehead atoms. The molecule has 0 aliphatic carbocycles. The highest BCUT2D eigenvalue weighted by atomic mass is 35.5. The maximum Gasteiger partial charge on any atom is 0.339 e. The lowest BCUT2D eigenvalue weighted by Gasteiger charge is -2.12. The second-order valence-electron chi connectivity index (χ2n) is 4.88. The van der Waals surface area contributed by atoms with Gasteiger partial charge >= 0.3 is 10.1 Å². The van der Waals surface area contributed by atoms with Crippen LogP contribution in [-0.2, 0) is 14.9 Å². The van der Waals surface area contributed by atoms with Crippen LogP contribution in [0.4, 0.5) is 4.39 Å². The Balaban J connectivity index is 2.21. The average molecular weight is 375 g/mol. The third kappa shape index (κ3) is 4.59. The number of halogens is 2. The molecule has 0 amide bonds. The molecule has 0 spiro atoms. The number of ether oxygens (including phenoxy) is 2. The Bertz CT molecular complexity index is 823. The topological polar surface area (TPSA) is 61.8 Å². The smallest absolute Gasteiger partial charge is 0.339 e. The van der Waals surface area contributed by atoms with E-state index in [-0.39, 0.29) is 15.7 Å². The van der Waals surface area contributed by atoms with Crippen molar-refractivity contribution in [1.82, 2.24) is 0 Å². The fraction of sp³-hybridized carbons (Fsp3) is 0.250. The van der Waals surface area contributed by atoms with Gasteiger partial charge in [0.2, 0.25) is 0 Å². The van der Waals surface area contributed by atoms with Crippen LogP contribution >= 0.6 is 11.6 Å². The van der Waals surface area contributed by atoms with E-state index in [1.54, 1.807) is 14.0 Å². The molecule has 0 fully saturated rings. The van der Waals surface area contributed by atoms with Crippen molar-refractivity contribution in [3.05, 3.63) is 52.8 Å². The second kappa shape index (κ2) is 7.83. The van der Waals surface area contributed by atoms with E-state index in [0.29, 0.717) is 24.5 Å². The minimum atomic E-state index is -4.10. The summed E-state index contributed by atoms with van der Waals surface area (Å²) in [6, 6.07) is 7.52. The molecule has 2 aromatic carbocycles. The Morgan fingerprint density at radius 3 is 2.42 bits per heavy atom. The molecule has 0 saturated heterocycles. The summed E-state index contributed by atoms with van der Waals surface area (Å²) in [4.78, 5) is -0.0560. The standard InChI is InChI=1S/C16H16ClFO5S/c1-11-9-13(4-6-15(11)22-8-7-21-2)24(19,20)23-16-5-3-12(18)10-14(16)17/h3-6,9-10H,7-8H2,1-2H3. The highest BCUT2D eigenvalue weighted by molar-refractivity contribution is 7.87. The van der Waals surface area contributed by atoms with Crippen molar-refractivity contribution in [2.45, 2.75) is 11.8 Å². The first kappa shape index (κ1) is 18.5. The summed E-state index contributed by atoms with van der Waals surface area (Å²) in [7, 11) is -2.54. The predicted octanol–water partition coefficient (Wildman–Crippen LogP) is 3.58. The van der Waals surface area contributed by atoms with Crippen LogP contribution in [0.1, 0.15) is 5.56 Å². The summed E-state index contributed by atoms with van der Waals surface area (Å²) in [6.45, 7) is 2.49. The van der Waals surface area contributed by atoms with Crippen LogP contribution in [0.2, 0.25) is 5.02 Å². The molecule has 0 aromatic heterocycles. The average Bonchev–Trinajstić information content (AvgIpc) is 2.52. The summed E-state index contributed by atoms with van der Waals surface area (Å²) in [5.41, 5.74) is 0.626. The lowest BCUT2D eigenvalue weighted by molar-refractivity contribution is 0.146. The number of rotatable bonds is 7. The van der Waals surface area contributed by atoms with Gasteiger partial charge in [-0.25, -0.2) is 4.39 Å². The van der Waals surface area contributed by atoms with Gasteiger partial charge in [-0.3, -0.25) is 0 Å². The molecule has 0 heterocycles. The van der Waals surface area contributed by atoms with Crippen molar-refractivity contribution in [1.29, 1.82) is 0 Å². The maximum absolute atomic E-state index is 13.0. The molecular formula is C16H16ClFO5S. The Morgan fingerprint density at radius 2 is 1.79 bits per heavy atom. The number of methoxy groups -OCH3 is 1. The van der Waals surface area contributed by atoms with Gasteiger partial charge in [0.25, 0.3) is 0 Å². The molecule has 0 aliphatic rings. The van der Waals surface area contributed by atoms with Crippen LogP contribution in [0.25, 0.3) is 0 Å². The molecule has 2 rings (SSSR count). The van der Waals surface area contributed by atoms with E-state index < -0.39 is 15.9 Å². The molecule has 0 atom stereocenters. The summed E-state index contributed by atoms with van der Waals surface area (Å²) in [6.07, 6.45) is 0. The summed E-state index contributed by atoms with van der Waals surface area (Å²) >= 11 is 5.79. The zero-order chi connectivity index (χ0) is 17.7. The molecule has 0 saturated carbocycles. The summed E-state index contributed by atoms with van der Waals surface area (Å²) in [5.74, 6) is -0.180. The van der Waals surface area contributed by atoms with Crippen LogP contribution in [0.15, 0.2) is 41.3 Å². The van der Waals surface area contributed by atoms with Crippen LogP contribution in [0.3, 0.4) is 0 Å². The predicted molar refractivity (Wildman–Crippen MR) is 87.8 cm³/mol. The van der Waals surface area contributed by atoms with Crippen molar-refractivity contribution < 1.29 is 26.5 Å². The van der Waals surface area contributed by atoms with Gasteiger partial charge in [-0.05, 0) is 48.9 Å². The molecule has 0 aliphatic heterocycles. The third-order valence-electron chi connectivity index (χ3n) is 3.07. The van der Waals surface area contributed by atoms with Gasteiger partial charge in [-0.15, -0.1) is 0 Å². The molecular weight excluding hydrogens is 359 g/mol. The van der Waals surface area contributed by atoms with E-state index in [4.69, 9.17) is 25.3 Å². The molecule has 0 radical (unpaired) electrons. The first-order valence-corrected chi connectivity index (χ1v) is 8.74. The first-order valence-electron chi connectivity index (χ1n) is 6.95. The monoisotopic (exact) mass is 374 g/mol. The number of aryl methyl sites for hydroxylation is 1. The molecule has 0 unspecified atom stereocenters. The van der Waals surface area contributed by atoms with Crippen molar-refractivity contribution in [2.24, 2.45) is 0 Å². The van der Waals surface area contributed by atoms with Gasteiger partial charge in [-0.2, -0.15) is 8.42 Å². The SMILES string of the molecule is COCCOc1ccc(S(=O)(=O)Oc2ccc(F)cc2Cl)cc1C. The molecule has 5 nitrogen and oxygen atoms in total. The number of hydrogen-bond acceptors (Lipinski definition) is 5. The second-order valence-corrected chi connectivity index (χ2v) is 6.83. The van der Waals surface area contributed by atoms with Crippen molar-refractivity contribution >= 4 is 21.7 Å². The highest BCUT2D eigenvalue weighted by Gasteiger charge is 2.19. The van der Waals surface area contributed by atoms with Crippen LogP contribution in [0.5, 0.6) is 11.5 Å². The van der Waals surface area contributed by atoms with Gasteiger partial charge in [0.1, 0.15) is 23.1 Å². The van der Waals surface area contributed by atoms with E-state index in [1.165, 1.54) is 18.2 Å². The van der Waals surface area contributed by atoms with E-state index in [9.17, 15) is 12.8 Å². The maximum atomic E-state index is 13.0. The highest BCUT2D eigenvalue weighted by Crippen LogP contribution is 2.29. The van der Waals surface area contributed by atoms with Gasteiger partial charge < -0.3 is 13.7 Å². The third-order valence-corrected chi connectivity index (χ3v) is 4.60. The Kier molecular flexibility index (Phi) is 6.04. The molecule has 0 N–H and O–H groups in total. The Morgan fingerprint density at radius 1 is 1.08 bits per heavy atom. The normalized spacial score (nSPS) is 11.3. The fourth-order valence-electron chi connectivity index (χ4n) is 1.88. The van der Waals surface area contributed by atoms with Crippen molar-refractivity contribution in [3.8, 4) is 11.5 Å². The lowest BCUT2D eigenvalue weighted by Crippen LogP contribution is -2.11. The number of hydrogen-bond donors (Lipinski definition) is 0. The zero-order valence-electron chi connectivity index (χ0n) is 13.1. The van der Waals surface area contributed by atoms with E-state index in [0.717, 1.165) is 18.2 Å². The lowest BCUT2D eigenvalue weighted by atomic mass is 10.2. The van der Waals surface area contributed by atoms with Crippen molar-refractivity contribution in [2.75, 3.05) is 20.3 Å². The molecule has 2 aromatic rings. The number of benzene rings is 2. The van der Waals surface area contributed by atoms with Gasteiger partial charge in [-0.1, -0.05) is 11.6 Å². The van der Waals surface area contributed by atoms with Crippen LogP contribution < -0.4 is 8.92 Å². The molecule has 24 heavy (non-hydrogen) atoms.